The quantitative estimate of drug-likeness (QED) is 0.236. The van der Waals surface area contributed by atoms with Gasteiger partial charge in [0.1, 0.15) is 5.75 Å². The summed E-state index contributed by atoms with van der Waals surface area (Å²) in [5.41, 5.74) is 1.02. The van der Waals surface area contributed by atoms with E-state index in [-0.39, 0.29) is 36.4 Å². The summed E-state index contributed by atoms with van der Waals surface area (Å²) < 4.78 is 10.6. The number of benzene rings is 1. The van der Waals surface area contributed by atoms with Crippen molar-refractivity contribution >= 4 is 35.8 Å². The van der Waals surface area contributed by atoms with Crippen LogP contribution in [-0.4, -0.2) is 76.4 Å². The van der Waals surface area contributed by atoms with Crippen molar-refractivity contribution < 1.29 is 14.3 Å². The molecule has 1 aliphatic rings. The molecule has 0 spiro atoms. The van der Waals surface area contributed by atoms with Crippen molar-refractivity contribution in [2.24, 2.45) is 10.9 Å². The van der Waals surface area contributed by atoms with Crippen LogP contribution in [0.5, 0.6) is 5.75 Å². The molecule has 0 aliphatic carbocycles. The molecule has 1 unspecified atom stereocenters. The maximum absolute atomic E-state index is 12.2. The molecule has 1 aromatic rings. The van der Waals surface area contributed by atoms with Crippen LogP contribution in [0.4, 0.5) is 0 Å². The Bertz CT molecular complexity index is 664. The minimum Gasteiger partial charge on any atom is -0.497 e. The Morgan fingerprint density at radius 2 is 1.84 bits per heavy atom. The third-order valence-corrected chi connectivity index (χ3v) is 5.10. The lowest BCUT2D eigenvalue weighted by Gasteiger charge is -2.35. The van der Waals surface area contributed by atoms with Crippen LogP contribution in [0, 0.1) is 5.92 Å². The number of nitrogens with zero attached hydrogens (tertiary/aromatic N) is 2. The monoisotopic (exact) mass is 547 g/mol. The molecular weight excluding hydrogens is 509 g/mol. The summed E-state index contributed by atoms with van der Waals surface area (Å²) in [5.74, 6) is 1.96. The molecule has 8 nitrogen and oxygen atoms in total. The van der Waals surface area contributed by atoms with Crippen molar-refractivity contribution in [3.05, 3.63) is 29.8 Å². The maximum Gasteiger partial charge on any atom is 0.239 e. The van der Waals surface area contributed by atoms with E-state index in [9.17, 15) is 4.79 Å². The van der Waals surface area contributed by atoms with E-state index >= 15 is 0 Å². The fraction of sp³-hybridized carbons (Fsp3) is 0.636. The normalized spacial score (nSPS) is 15.7. The molecule has 176 valence electrons. The van der Waals surface area contributed by atoms with E-state index in [0.29, 0.717) is 24.5 Å². The fourth-order valence-electron chi connectivity index (χ4n) is 3.45. The average molecular weight is 547 g/mol. The third kappa shape index (κ3) is 10.5. The minimum atomic E-state index is -0.0827. The standard InChI is InChI=1S/C22H37N5O3.HI/c1-17(2)13-19(27-9-11-30-12-10-27)15-25-22(23-3)26-16-21(28)24-14-18-5-7-20(29-4)8-6-18;/h5-8,17,19H,9-16H2,1-4H3,(H,24,28)(H2,23,25,26);1H. The van der Waals surface area contributed by atoms with E-state index in [1.165, 1.54) is 0 Å². The zero-order chi connectivity index (χ0) is 21.8. The number of rotatable bonds is 10. The molecule has 1 aliphatic heterocycles. The molecule has 3 N–H and O–H groups in total. The second kappa shape index (κ2) is 15.3. The number of halogens is 1. The SMILES string of the molecule is CN=C(NCC(=O)NCc1ccc(OC)cc1)NCC(CC(C)C)N1CCOCC1.I. The lowest BCUT2D eigenvalue weighted by molar-refractivity contribution is -0.120. The summed E-state index contributed by atoms with van der Waals surface area (Å²) in [7, 11) is 3.35. The number of hydrogen-bond acceptors (Lipinski definition) is 5. The lowest BCUT2D eigenvalue weighted by Crippen LogP contribution is -2.51. The van der Waals surface area contributed by atoms with Gasteiger partial charge in [0, 0.05) is 39.3 Å². The predicted molar refractivity (Wildman–Crippen MR) is 135 cm³/mol. The smallest absolute Gasteiger partial charge is 0.239 e. The van der Waals surface area contributed by atoms with E-state index in [4.69, 9.17) is 9.47 Å². The highest BCUT2D eigenvalue weighted by Gasteiger charge is 2.22. The number of guanidine groups is 1. The van der Waals surface area contributed by atoms with Crippen molar-refractivity contribution in [3.8, 4) is 5.75 Å². The van der Waals surface area contributed by atoms with Crippen molar-refractivity contribution in [1.82, 2.24) is 20.9 Å². The molecule has 0 saturated carbocycles. The summed E-state index contributed by atoms with van der Waals surface area (Å²) >= 11 is 0. The Morgan fingerprint density at radius 1 is 1.16 bits per heavy atom. The first-order valence-electron chi connectivity index (χ1n) is 10.7. The fourth-order valence-corrected chi connectivity index (χ4v) is 3.45. The highest BCUT2D eigenvalue weighted by atomic mass is 127. The van der Waals surface area contributed by atoms with Gasteiger partial charge in [0.05, 0.1) is 26.9 Å². The number of carbonyl (C=O) groups is 1. The van der Waals surface area contributed by atoms with Gasteiger partial charge in [0.25, 0.3) is 0 Å². The van der Waals surface area contributed by atoms with E-state index in [1.807, 2.05) is 24.3 Å². The molecule has 1 atom stereocenters. The number of morpholine rings is 1. The number of ether oxygens (including phenoxy) is 2. The Morgan fingerprint density at radius 3 is 2.42 bits per heavy atom. The summed E-state index contributed by atoms with van der Waals surface area (Å²) in [5, 5.41) is 9.39. The maximum atomic E-state index is 12.2. The number of aliphatic imine (C=N–C) groups is 1. The second-order valence-electron chi connectivity index (χ2n) is 7.86. The number of methoxy groups -OCH3 is 1. The van der Waals surface area contributed by atoms with Gasteiger partial charge >= 0.3 is 0 Å². The van der Waals surface area contributed by atoms with Crippen molar-refractivity contribution in [2.45, 2.75) is 32.9 Å². The molecule has 1 fully saturated rings. The first kappa shape index (κ1) is 27.4. The van der Waals surface area contributed by atoms with Gasteiger partial charge in [0.15, 0.2) is 5.96 Å². The van der Waals surface area contributed by atoms with Gasteiger partial charge < -0.3 is 25.4 Å². The van der Waals surface area contributed by atoms with Crippen LogP contribution in [0.25, 0.3) is 0 Å². The Labute approximate surface area is 203 Å². The molecule has 1 saturated heterocycles. The largest absolute Gasteiger partial charge is 0.497 e. The van der Waals surface area contributed by atoms with Gasteiger partial charge in [-0.3, -0.25) is 14.7 Å². The highest BCUT2D eigenvalue weighted by molar-refractivity contribution is 14.0. The van der Waals surface area contributed by atoms with Crippen molar-refractivity contribution in [3.63, 3.8) is 0 Å². The van der Waals surface area contributed by atoms with E-state index in [1.54, 1.807) is 14.2 Å². The Kier molecular flexibility index (Phi) is 13.5. The van der Waals surface area contributed by atoms with Crippen LogP contribution in [-0.2, 0) is 16.1 Å². The molecule has 1 aromatic carbocycles. The van der Waals surface area contributed by atoms with Gasteiger partial charge in [0.2, 0.25) is 5.91 Å². The van der Waals surface area contributed by atoms with Crippen molar-refractivity contribution in [2.75, 3.05) is 53.6 Å². The lowest BCUT2D eigenvalue weighted by atomic mass is 10.0. The van der Waals surface area contributed by atoms with Gasteiger partial charge in [-0.15, -0.1) is 24.0 Å². The van der Waals surface area contributed by atoms with Crippen LogP contribution >= 0.6 is 24.0 Å². The number of carbonyl (C=O) groups excluding carboxylic acids is 1. The molecule has 0 radical (unpaired) electrons. The van der Waals surface area contributed by atoms with Crippen LogP contribution in [0.3, 0.4) is 0 Å². The van der Waals surface area contributed by atoms with Crippen LogP contribution in [0.2, 0.25) is 0 Å². The highest BCUT2D eigenvalue weighted by Crippen LogP contribution is 2.13. The Balaban J connectivity index is 0.00000480. The molecular formula is C22H38IN5O3. The van der Waals surface area contributed by atoms with Gasteiger partial charge in [-0.25, -0.2) is 0 Å². The van der Waals surface area contributed by atoms with E-state index in [0.717, 1.165) is 50.6 Å². The zero-order valence-electron chi connectivity index (χ0n) is 19.1. The molecule has 1 heterocycles. The van der Waals surface area contributed by atoms with Gasteiger partial charge in [-0.1, -0.05) is 26.0 Å². The first-order chi connectivity index (χ1) is 14.5. The molecule has 2 rings (SSSR count). The summed E-state index contributed by atoms with van der Waals surface area (Å²) in [6.07, 6.45) is 1.10. The van der Waals surface area contributed by atoms with Gasteiger partial charge in [-0.2, -0.15) is 0 Å². The van der Waals surface area contributed by atoms with Gasteiger partial charge in [-0.05, 0) is 30.0 Å². The first-order valence-corrected chi connectivity index (χ1v) is 10.7. The molecule has 1 amide bonds. The molecule has 31 heavy (non-hydrogen) atoms. The summed E-state index contributed by atoms with van der Waals surface area (Å²) in [6, 6.07) is 8.05. The summed E-state index contributed by atoms with van der Waals surface area (Å²) in [4.78, 5) is 18.9. The second-order valence-corrected chi connectivity index (χ2v) is 7.86. The van der Waals surface area contributed by atoms with E-state index in [2.05, 4.69) is 39.7 Å². The number of nitrogens with one attached hydrogen (secondary N) is 3. The third-order valence-electron chi connectivity index (χ3n) is 5.10. The number of hydrogen-bond donors (Lipinski definition) is 3. The van der Waals surface area contributed by atoms with Crippen LogP contribution in [0.15, 0.2) is 29.3 Å². The topological polar surface area (TPSA) is 87.2 Å². The Hall–Kier alpha value is -1.59. The molecule has 9 heteroatoms. The van der Waals surface area contributed by atoms with Crippen LogP contribution in [0.1, 0.15) is 25.8 Å². The van der Waals surface area contributed by atoms with Crippen LogP contribution < -0.4 is 20.7 Å². The van der Waals surface area contributed by atoms with Crippen molar-refractivity contribution in [1.29, 1.82) is 0 Å². The zero-order valence-corrected chi connectivity index (χ0v) is 21.5. The minimum absolute atomic E-state index is 0. The number of amides is 1. The molecule has 0 bridgehead atoms. The summed E-state index contributed by atoms with van der Waals surface area (Å²) in [6.45, 7) is 9.41. The predicted octanol–water partition coefficient (Wildman–Crippen LogP) is 1.84. The van der Waals surface area contributed by atoms with E-state index < -0.39 is 0 Å². The average Bonchev–Trinajstić information content (AvgIpc) is 2.77. The molecule has 0 aromatic heterocycles.